The van der Waals surface area contributed by atoms with Crippen molar-refractivity contribution in [1.82, 2.24) is 9.88 Å². The number of hydrogen-bond donors (Lipinski definition) is 1. The Bertz CT molecular complexity index is 792. The maximum atomic E-state index is 13.1. The molecule has 0 bridgehead atoms. The first-order valence-corrected chi connectivity index (χ1v) is 8.82. The van der Waals surface area contributed by atoms with Crippen molar-refractivity contribution in [2.45, 2.75) is 38.8 Å². The number of benzene rings is 1. The summed E-state index contributed by atoms with van der Waals surface area (Å²) in [7, 11) is 0. The highest BCUT2D eigenvalue weighted by molar-refractivity contribution is 6.30. The van der Waals surface area contributed by atoms with Gasteiger partial charge in [0.1, 0.15) is 0 Å². The van der Waals surface area contributed by atoms with E-state index >= 15 is 0 Å². The summed E-state index contributed by atoms with van der Waals surface area (Å²) >= 11 is 6.12. The SMILES string of the molecule is O=c1c(-c2cccc(Cl)c2)cc2c(n1CC1CCC1)CCNC2. The van der Waals surface area contributed by atoms with E-state index in [4.69, 9.17) is 11.6 Å². The fourth-order valence-electron chi connectivity index (χ4n) is 3.63. The summed E-state index contributed by atoms with van der Waals surface area (Å²) in [5, 5.41) is 4.09. The molecule has 1 aromatic carbocycles. The van der Waals surface area contributed by atoms with Crippen LogP contribution in [0.15, 0.2) is 35.1 Å². The number of hydrogen-bond acceptors (Lipinski definition) is 2. The van der Waals surface area contributed by atoms with Gasteiger partial charge in [0.15, 0.2) is 0 Å². The Morgan fingerprint density at radius 2 is 2.13 bits per heavy atom. The molecule has 2 aromatic rings. The van der Waals surface area contributed by atoms with E-state index in [0.29, 0.717) is 10.9 Å². The van der Waals surface area contributed by atoms with E-state index in [1.807, 2.05) is 24.3 Å². The molecule has 1 aliphatic heterocycles. The van der Waals surface area contributed by atoms with Gasteiger partial charge in [0, 0.05) is 42.3 Å². The maximum absolute atomic E-state index is 13.1. The quantitative estimate of drug-likeness (QED) is 0.933. The van der Waals surface area contributed by atoms with Gasteiger partial charge in [-0.3, -0.25) is 4.79 Å². The molecule has 0 saturated heterocycles. The van der Waals surface area contributed by atoms with Crippen LogP contribution in [0.4, 0.5) is 0 Å². The van der Waals surface area contributed by atoms with E-state index in [1.54, 1.807) is 0 Å². The molecule has 3 nitrogen and oxygen atoms in total. The largest absolute Gasteiger partial charge is 0.312 e. The molecule has 4 rings (SSSR count). The smallest absolute Gasteiger partial charge is 0.258 e. The summed E-state index contributed by atoms with van der Waals surface area (Å²) in [6.45, 7) is 2.66. The fraction of sp³-hybridized carbons (Fsp3) is 0.421. The molecule has 0 amide bonds. The third-order valence-electron chi connectivity index (χ3n) is 5.15. The Morgan fingerprint density at radius 1 is 1.26 bits per heavy atom. The minimum absolute atomic E-state index is 0.139. The first kappa shape index (κ1) is 15.0. The highest BCUT2D eigenvalue weighted by atomic mass is 35.5. The van der Waals surface area contributed by atoms with Crippen molar-refractivity contribution in [2.24, 2.45) is 5.92 Å². The van der Waals surface area contributed by atoms with Gasteiger partial charge in [-0.2, -0.15) is 0 Å². The summed E-state index contributed by atoms with van der Waals surface area (Å²) in [4.78, 5) is 13.1. The molecule has 1 aromatic heterocycles. The number of pyridine rings is 1. The summed E-state index contributed by atoms with van der Waals surface area (Å²) in [5.74, 6) is 0.668. The number of rotatable bonds is 3. The molecule has 0 radical (unpaired) electrons. The predicted octanol–water partition coefficient (Wildman–Crippen LogP) is 3.61. The summed E-state index contributed by atoms with van der Waals surface area (Å²) in [6.07, 6.45) is 4.74. The van der Waals surface area contributed by atoms with Gasteiger partial charge in [-0.25, -0.2) is 0 Å². The molecule has 120 valence electrons. The van der Waals surface area contributed by atoms with Crippen LogP contribution in [-0.4, -0.2) is 11.1 Å². The molecule has 2 aliphatic rings. The zero-order chi connectivity index (χ0) is 15.8. The van der Waals surface area contributed by atoms with Gasteiger partial charge in [0.2, 0.25) is 0 Å². The van der Waals surface area contributed by atoms with Crippen molar-refractivity contribution < 1.29 is 0 Å². The summed E-state index contributed by atoms with van der Waals surface area (Å²) in [6, 6.07) is 9.67. The highest BCUT2D eigenvalue weighted by Gasteiger charge is 2.23. The minimum Gasteiger partial charge on any atom is -0.312 e. The molecule has 0 spiro atoms. The van der Waals surface area contributed by atoms with Crippen LogP contribution in [-0.2, 0) is 19.5 Å². The van der Waals surface area contributed by atoms with E-state index in [-0.39, 0.29) is 5.56 Å². The molecule has 2 heterocycles. The number of fused-ring (bicyclic) bond motifs is 1. The Labute approximate surface area is 141 Å². The molecule has 4 heteroatoms. The average molecular weight is 329 g/mol. The van der Waals surface area contributed by atoms with Gasteiger partial charge in [0.05, 0.1) is 0 Å². The second-order valence-corrected chi connectivity index (χ2v) is 7.12. The average Bonchev–Trinajstić information content (AvgIpc) is 2.52. The third-order valence-corrected chi connectivity index (χ3v) is 5.38. The van der Waals surface area contributed by atoms with Crippen LogP contribution in [0.25, 0.3) is 11.1 Å². The summed E-state index contributed by atoms with van der Waals surface area (Å²) in [5.41, 5.74) is 4.31. The van der Waals surface area contributed by atoms with Crippen molar-refractivity contribution >= 4 is 11.6 Å². The standard InChI is InChI=1S/C19H21ClN2O/c20-16-6-2-5-14(9-16)17-10-15-11-21-8-7-18(15)22(19(17)23)12-13-3-1-4-13/h2,5-6,9-10,13,21H,1,3-4,7-8,11-12H2. The minimum atomic E-state index is 0.139. The Hall–Kier alpha value is -1.58. The van der Waals surface area contributed by atoms with Crippen molar-refractivity contribution in [3.63, 3.8) is 0 Å². The predicted molar refractivity (Wildman–Crippen MR) is 93.9 cm³/mol. The molecule has 23 heavy (non-hydrogen) atoms. The molecular weight excluding hydrogens is 308 g/mol. The van der Waals surface area contributed by atoms with Gasteiger partial charge in [-0.15, -0.1) is 0 Å². The van der Waals surface area contributed by atoms with E-state index < -0.39 is 0 Å². The first-order valence-electron chi connectivity index (χ1n) is 8.44. The van der Waals surface area contributed by atoms with Crippen LogP contribution < -0.4 is 10.9 Å². The molecule has 1 N–H and O–H groups in total. The van der Waals surface area contributed by atoms with E-state index in [9.17, 15) is 4.79 Å². The number of aromatic nitrogens is 1. The van der Waals surface area contributed by atoms with Crippen LogP contribution in [0, 0.1) is 5.92 Å². The number of nitrogens with zero attached hydrogens (tertiary/aromatic N) is 1. The van der Waals surface area contributed by atoms with Gasteiger partial charge in [-0.1, -0.05) is 30.2 Å². The highest BCUT2D eigenvalue weighted by Crippen LogP contribution is 2.29. The number of halogens is 1. The zero-order valence-corrected chi connectivity index (χ0v) is 13.9. The lowest BCUT2D eigenvalue weighted by Gasteiger charge is -2.30. The monoisotopic (exact) mass is 328 g/mol. The van der Waals surface area contributed by atoms with Crippen molar-refractivity contribution in [3.8, 4) is 11.1 Å². The molecule has 0 unspecified atom stereocenters. The normalized spacial score (nSPS) is 17.6. The molecule has 1 saturated carbocycles. The van der Waals surface area contributed by atoms with Gasteiger partial charge >= 0.3 is 0 Å². The lowest BCUT2D eigenvalue weighted by atomic mass is 9.85. The van der Waals surface area contributed by atoms with Gasteiger partial charge < -0.3 is 9.88 Å². The molecule has 1 fully saturated rings. The van der Waals surface area contributed by atoms with E-state index in [0.717, 1.165) is 37.2 Å². The maximum Gasteiger partial charge on any atom is 0.258 e. The molecule has 0 atom stereocenters. The molecular formula is C19H21ClN2O. The van der Waals surface area contributed by atoms with Crippen LogP contribution >= 0.6 is 11.6 Å². The molecule has 1 aliphatic carbocycles. The van der Waals surface area contributed by atoms with Crippen molar-refractivity contribution in [2.75, 3.05) is 6.54 Å². The number of nitrogens with one attached hydrogen (secondary N) is 1. The lowest BCUT2D eigenvalue weighted by Crippen LogP contribution is -2.36. The van der Waals surface area contributed by atoms with Gasteiger partial charge in [-0.05, 0) is 48.1 Å². The second-order valence-electron chi connectivity index (χ2n) is 6.68. The summed E-state index contributed by atoms with van der Waals surface area (Å²) < 4.78 is 2.05. The first-order chi connectivity index (χ1) is 11.2. The van der Waals surface area contributed by atoms with E-state index in [1.165, 1.54) is 30.5 Å². The van der Waals surface area contributed by atoms with Crippen LogP contribution in [0.2, 0.25) is 5.02 Å². The topological polar surface area (TPSA) is 34.0 Å². The van der Waals surface area contributed by atoms with Crippen molar-refractivity contribution in [1.29, 1.82) is 0 Å². The van der Waals surface area contributed by atoms with Gasteiger partial charge in [0.25, 0.3) is 5.56 Å². The Kier molecular flexibility index (Phi) is 4.00. The Balaban J connectivity index is 1.86. The van der Waals surface area contributed by atoms with Crippen LogP contribution in [0.5, 0.6) is 0 Å². The second kappa shape index (κ2) is 6.14. The Morgan fingerprint density at radius 3 is 2.87 bits per heavy atom. The fourth-order valence-corrected chi connectivity index (χ4v) is 3.82. The van der Waals surface area contributed by atoms with Crippen LogP contribution in [0.3, 0.4) is 0 Å². The van der Waals surface area contributed by atoms with Crippen molar-refractivity contribution in [3.05, 3.63) is 57.0 Å². The zero-order valence-electron chi connectivity index (χ0n) is 13.1. The third kappa shape index (κ3) is 2.84. The lowest BCUT2D eigenvalue weighted by molar-refractivity contribution is 0.269. The van der Waals surface area contributed by atoms with Crippen LogP contribution in [0.1, 0.15) is 30.5 Å². The van der Waals surface area contributed by atoms with E-state index in [2.05, 4.69) is 16.0 Å².